The fraction of sp³-hybridized carbons (Fsp3) is 0.833. The highest BCUT2D eigenvalue weighted by molar-refractivity contribution is 7.88. The molecule has 0 bridgehead atoms. The van der Waals surface area contributed by atoms with Gasteiger partial charge in [-0.1, -0.05) is 0 Å². The van der Waals surface area contributed by atoms with E-state index in [1.54, 1.807) is 0 Å². The van der Waals surface area contributed by atoms with E-state index in [0.29, 0.717) is 19.4 Å². The molecule has 12 heavy (non-hydrogen) atoms. The zero-order valence-corrected chi connectivity index (χ0v) is 8.23. The molecule has 1 fully saturated rings. The van der Waals surface area contributed by atoms with Gasteiger partial charge in [-0.2, -0.15) is 4.31 Å². The summed E-state index contributed by atoms with van der Waals surface area (Å²) >= 11 is 5.24. The lowest BCUT2D eigenvalue weighted by atomic mass is 10.2. The topological polar surface area (TPSA) is 54.5 Å². The average molecular weight is 212 g/mol. The van der Waals surface area contributed by atoms with E-state index in [2.05, 4.69) is 0 Å². The maximum Gasteiger partial charge on any atom is 0.239 e. The van der Waals surface area contributed by atoms with E-state index < -0.39 is 21.3 Å². The monoisotopic (exact) mass is 211 g/mol. The van der Waals surface area contributed by atoms with Crippen molar-refractivity contribution in [1.29, 1.82) is 0 Å². The summed E-state index contributed by atoms with van der Waals surface area (Å²) < 4.78 is 23.3. The lowest BCUT2D eigenvalue weighted by molar-refractivity contribution is -0.114. The largest absolute Gasteiger partial charge is 0.279 e. The minimum absolute atomic E-state index is 0.405. The standard InChI is InChI=1S/C6H10ClNO3S/c1-12(10,11)8-4-2-3-5(8)6(7)9/h5H,2-4H2,1H3. The zero-order chi connectivity index (χ0) is 9.35. The first-order valence-electron chi connectivity index (χ1n) is 3.59. The summed E-state index contributed by atoms with van der Waals surface area (Å²) in [5.74, 6) is 0. The van der Waals surface area contributed by atoms with Crippen molar-refractivity contribution in [2.45, 2.75) is 18.9 Å². The molecule has 0 aliphatic carbocycles. The molecule has 70 valence electrons. The smallest absolute Gasteiger partial charge is 0.239 e. The van der Waals surface area contributed by atoms with Gasteiger partial charge in [-0.25, -0.2) is 8.42 Å². The van der Waals surface area contributed by atoms with E-state index in [4.69, 9.17) is 11.6 Å². The summed E-state index contributed by atoms with van der Waals surface area (Å²) in [6, 6.07) is -0.637. The highest BCUT2D eigenvalue weighted by Crippen LogP contribution is 2.21. The second kappa shape index (κ2) is 3.32. The second-order valence-corrected chi connectivity index (χ2v) is 5.14. The van der Waals surface area contributed by atoms with Gasteiger partial charge in [-0.3, -0.25) is 4.79 Å². The molecule has 0 aromatic heterocycles. The molecular formula is C6H10ClNO3S. The summed E-state index contributed by atoms with van der Waals surface area (Å²) in [6.45, 7) is 0.405. The molecule has 1 aliphatic rings. The molecule has 1 heterocycles. The summed E-state index contributed by atoms with van der Waals surface area (Å²) in [4.78, 5) is 10.8. The van der Waals surface area contributed by atoms with Crippen LogP contribution in [-0.4, -0.2) is 36.8 Å². The highest BCUT2D eigenvalue weighted by atomic mass is 35.5. The molecular weight excluding hydrogens is 202 g/mol. The minimum atomic E-state index is -3.27. The lowest BCUT2D eigenvalue weighted by Crippen LogP contribution is -2.37. The van der Waals surface area contributed by atoms with Crippen molar-refractivity contribution < 1.29 is 13.2 Å². The van der Waals surface area contributed by atoms with Gasteiger partial charge < -0.3 is 0 Å². The number of carbonyl (C=O) groups is 1. The third-order valence-electron chi connectivity index (χ3n) is 1.89. The van der Waals surface area contributed by atoms with Crippen LogP contribution in [-0.2, 0) is 14.8 Å². The molecule has 0 aromatic rings. The number of hydrogen-bond acceptors (Lipinski definition) is 3. The predicted molar refractivity (Wildman–Crippen MR) is 45.4 cm³/mol. The minimum Gasteiger partial charge on any atom is -0.279 e. The predicted octanol–water partition coefficient (Wildman–Crippen LogP) is 0.176. The molecule has 1 saturated heterocycles. The Hall–Kier alpha value is -0.130. The van der Waals surface area contributed by atoms with Crippen LogP contribution in [0.4, 0.5) is 0 Å². The van der Waals surface area contributed by atoms with Crippen LogP contribution in [0.1, 0.15) is 12.8 Å². The number of hydrogen-bond donors (Lipinski definition) is 0. The van der Waals surface area contributed by atoms with Crippen molar-refractivity contribution in [2.24, 2.45) is 0 Å². The number of nitrogens with zero attached hydrogens (tertiary/aromatic N) is 1. The lowest BCUT2D eigenvalue weighted by Gasteiger charge is -2.17. The third kappa shape index (κ3) is 1.97. The van der Waals surface area contributed by atoms with E-state index in [9.17, 15) is 13.2 Å². The Kier molecular flexibility index (Phi) is 2.75. The molecule has 6 heteroatoms. The number of sulfonamides is 1. The Balaban J connectivity index is 2.85. The van der Waals surface area contributed by atoms with Gasteiger partial charge in [-0.05, 0) is 24.4 Å². The quantitative estimate of drug-likeness (QED) is 0.613. The van der Waals surface area contributed by atoms with Crippen molar-refractivity contribution in [2.75, 3.05) is 12.8 Å². The van der Waals surface area contributed by atoms with Gasteiger partial charge in [0.15, 0.2) is 0 Å². The van der Waals surface area contributed by atoms with Crippen molar-refractivity contribution >= 4 is 26.9 Å². The van der Waals surface area contributed by atoms with E-state index in [1.807, 2.05) is 0 Å². The van der Waals surface area contributed by atoms with Crippen LogP contribution in [0.15, 0.2) is 0 Å². The molecule has 1 atom stereocenters. The molecule has 0 amide bonds. The summed E-state index contributed by atoms with van der Waals surface area (Å²) in [5.41, 5.74) is 0. The Morgan fingerprint density at radius 2 is 2.17 bits per heavy atom. The summed E-state index contributed by atoms with van der Waals surface area (Å²) in [6.07, 6.45) is 2.33. The summed E-state index contributed by atoms with van der Waals surface area (Å²) in [5, 5.41) is -0.585. The molecule has 4 nitrogen and oxygen atoms in total. The Morgan fingerprint density at radius 1 is 1.58 bits per heavy atom. The molecule has 0 aromatic carbocycles. The van der Waals surface area contributed by atoms with E-state index in [-0.39, 0.29) is 0 Å². The Bertz CT molecular complexity index is 287. The van der Waals surface area contributed by atoms with Crippen LogP contribution in [0.3, 0.4) is 0 Å². The van der Waals surface area contributed by atoms with Crippen LogP contribution < -0.4 is 0 Å². The normalized spacial score (nSPS) is 26.0. The highest BCUT2D eigenvalue weighted by Gasteiger charge is 2.35. The van der Waals surface area contributed by atoms with Crippen molar-refractivity contribution in [3.05, 3.63) is 0 Å². The first-order chi connectivity index (χ1) is 5.43. The summed E-state index contributed by atoms with van der Waals surface area (Å²) in [7, 11) is -3.27. The number of halogens is 1. The van der Waals surface area contributed by atoms with Crippen LogP contribution >= 0.6 is 11.6 Å². The number of rotatable bonds is 2. The van der Waals surface area contributed by atoms with Crippen LogP contribution in [0.2, 0.25) is 0 Å². The maximum atomic E-state index is 11.1. The average Bonchev–Trinajstić information content (AvgIpc) is 2.30. The Morgan fingerprint density at radius 3 is 2.50 bits per heavy atom. The molecule has 1 aliphatic heterocycles. The maximum absolute atomic E-state index is 11.1. The van der Waals surface area contributed by atoms with E-state index >= 15 is 0 Å². The van der Waals surface area contributed by atoms with Gasteiger partial charge in [0.05, 0.1) is 12.3 Å². The van der Waals surface area contributed by atoms with Crippen LogP contribution in [0.25, 0.3) is 0 Å². The van der Waals surface area contributed by atoms with Gasteiger partial charge in [0.1, 0.15) is 0 Å². The fourth-order valence-electron chi connectivity index (χ4n) is 1.36. The van der Waals surface area contributed by atoms with Crippen LogP contribution in [0, 0.1) is 0 Å². The fourth-order valence-corrected chi connectivity index (χ4v) is 2.77. The van der Waals surface area contributed by atoms with Gasteiger partial charge in [0.25, 0.3) is 0 Å². The van der Waals surface area contributed by atoms with Crippen molar-refractivity contribution in [3.8, 4) is 0 Å². The first-order valence-corrected chi connectivity index (χ1v) is 5.81. The van der Waals surface area contributed by atoms with Crippen LogP contribution in [0.5, 0.6) is 0 Å². The molecule has 0 spiro atoms. The molecule has 1 unspecified atom stereocenters. The third-order valence-corrected chi connectivity index (χ3v) is 3.43. The zero-order valence-electron chi connectivity index (χ0n) is 6.66. The first kappa shape index (κ1) is 9.95. The number of carbonyl (C=O) groups excluding carboxylic acids is 1. The van der Waals surface area contributed by atoms with Crippen molar-refractivity contribution in [1.82, 2.24) is 4.31 Å². The molecule has 1 rings (SSSR count). The molecule has 0 saturated carbocycles. The molecule has 0 N–H and O–H groups in total. The van der Waals surface area contributed by atoms with E-state index in [0.717, 1.165) is 10.6 Å². The van der Waals surface area contributed by atoms with Gasteiger partial charge in [-0.15, -0.1) is 0 Å². The van der Waals surface area contributed by atoms with Gasteiger partial charge in [0.2, 0.25) is 15.3 Å². The SMILES string of the molecule is CS(=O)(=O)N1CCCC1C(=O)Cl. The van der Waals surface area contributed by atoms with Crippen molar-refractivity contribution in [3.63, 3.8) is 0 Å². The molecule has 0 radical (unpaired) electrons. The van der Waals surface area contributed by atoms with Gasteiger partial charge >= 0.3 is 0 Å². The van der Waals surface area contributed by atoms with E-state index in [1.165, 1.54) is 0 Å². The second-order valence-electron chi connectivity index (χ2n) is 2.84. The Labute approximate surface area is 76.5 Å². The van der Waals surface area contributed by atoms with Gasteiger partial charge in [0, 0.05) is 6.54 Å².